The molecule has 13 heavy (non-hydrogen) atoms. The minimum Gasteiger partial charge on any atom is -0.282 e. The summed E-state index contributed by atoms with van der Waals surface area (Å²) >= 11 is 1.18. The summed E-state index contributed by atoms with van der Waals surface area (Å²) in [6.07, 6.45) is 0. The van der Waals surface area contributed by atoms with Crippen molar-refractivity contribution in [2.24, 2.45) is 0 Å². The molecule has 1 aliphatic rings. The molecule has 0 spiro atoms. The van der Waals surface area contributed by atoms with Gasteiger partial charge in [-0.3, -0.25) is 14.9 Å². The number of rotatable bonds is 1. The molecule has 0 aliphatic carbocycles. The first-order valence-electron chi connectivity index (χ1n) is 3.63. The van der Waals surface area contributed by atoms with E-state index in [1.807, 2.05) is 0 Å². The van der Waals surface area contributed by atoms with Crippen molar-refractivity contribution in [3.05, 3.63) is 39.4 Å². The zero-order chi connectivity index (χ0) is 9.42. The average molecular weight is 195 g/mol. The quantitative estimate of drug-likeness (QED) is 0.507. The molecule has 0 bridgehead atoms. The van der Waals surface area contributed by atoms with Crippen molar-refractivity contribution in [3.8, 4) is 0 Å². The Morgan fingerprint density at radius 3 is 2.92 bits per heavy atom. The van der Waals surface area contributed by atoms with Gasteiger partial charge >= 0.3 is 0 Å². The van der Waals surface area contributed by atoms with Crippen molar-refractivity contribution < 1.29 is 9.72 Å². The van der Waals surface area contributed by atoms with Crippen molar-refractivity contribution >= 4 is 22.6 Å². The molecule has 1 heterocycles. The zero-order valence-corrected chi connectivity index (χ0v) is 7.34. The molecular weight excluding hydrogens is 190 g/mol. The third-order valence-corrected chi connectivity index (χ3v) is 2.82. The number of nitrogens with zero attached hydrogens (tertiary/aromatic N) is 1. The second kappa shape index (κ2) is 2.85. The molecule has 0 saturated carbocycles. The van der Waals surface area contributed by atoms with Gasteiger partial charge in [0.25, 0.3) is 5.69 Å². The fourth-order valence-corrected chi connectivity index (χ4v) is 2.11. The van der Waals surface area contributed by atoms with Crippen LogP contribution in [0.15, 0.2) is 18.2 Å². The molecule has 1 aliphatic heterocycles. The summed E-state index contributed by atoms with van der Waals surface area (Å²) in [5.41, 5.74) is 1.42. The van der Waals surface area contributed by atoms with Crippen LogP contribution in [0.25, 0.3) is 0 Å². The molecule has 4 nitrogen and oxygen atoms in total. The monoisotopic (exact) mass is 195 g/mol. The number of nitro groups is 1. The molecule has 1 aromatic rings. The highest BCUT2D eigenvalue weighted by Crippen LogP contribution is 2.31. The second-order valence-corrected chi connectivity index (χ2v) is 3.62. The van der Waals surface area contributed by atoms with Crippen LogP contribution in [0.5, 0.6) is 0 Å². The van der Waals surface area contributed by atoms with Gasteiger partial charge < -0.3 is 0 Å². The van der Waals surface area contributed by atoms with Gasteiger partial charge in [-0.2, -0.15) is 0 Å². The van der Waals surface area contributed by atoms with E-state index in [0.29, 0.717) is 11.3 Å². The second-order valence-electron chi connectivity index (χ2n) is 2.67. The molecule has 0 saturated heterocycles. The number of hydrogen-bond acceptors (Lipinski definition) is 4. The van der Waals surface area contributed by atoms with Crippen LogP contribution in [0, 0.1) is 10.1 Å². The van der Waals surface area contributed by atoms with Gasteiger partial charge in [0.05, 0.1) is 4.92 Å². The Balaban J connectivity index is 2.51. The van der Waals surface area contributed by atoms with Crippen LogP contribution in [-0.2, 0) is 5.75 Å². The maximum Gasteiger partial charge on any atom is 0.269 e. The summed E-state index contributed by atoms with van der Waals surface area (Å²) < 4.78 is 0. The van der Waals surface area contributed by atoms with Gasteiger partial charge in [0.1, 0.15) is 0 Å². The van der Waals surface area contributed by atoms with Crippen molar-refractivity contribution in [2.75, 3.05) is 0 Å². The summed E-state index contributed by atoms with van der Waals surface area (Å²) in [4.78, 5) is 21.1. The first-order chi connectivity index (χ1) is 6.18. The maximum absolute atomic E-state index is 11.1. The van der Waals surface area contributed by atoms with E-state index in [1.54, 1.807) is 0 Å². The lowest BCUT2D eigenvalue weighted by Crippen LogP contribution is -1.92. The molecular formula is C8H5NO3S. The molecule has 1 aromatic carbocycles. The lowest BCUT2D eigenvalue weighted by Gasteiger charge is -1.95. The molecule has 0 unspecified atom stereocenters. The molecule has 66 valence electrons. The van der Waals surface area contributed by atoms with E-state index in [4.69, 9.17) is 0 Å². The molecule has 2 rings (SSSR count). The lowest BCUT2D eigenvalue weighted by atomic mass is 10.1. The molecule has 0 atom stereocenters. The first-order valence-corrected chi connectivity index (χ1v) is 4.61. The predicted octanol–water partition coefficient (Wildman–Crippen LogP) is 1.98. The number of fused-ring (bicyclic) bond motifs is 1. The van der Waals surface area contributed by atoms with Crippen LogP contribution in [-0.4, -0.2) is 10.0 Å². The summed E-state index contributed by atoms with van der Waals surface area (Å²) in [7, 11) is 0. The van der Waals surface area contributed by atoms with Gasteiger partial charge in [0.2, 0.25) is 5.12 Å². The highest BCUT2D eigenvalue weighted by Gasteiger charge is 2.22. The number of non-ortho nitro benzene ring substituents is 1. The number of carbonyl (C=O) groups is 1. The van der Waals surface area contributed by atoms with E-state index >= 15 is 0 Å². The van der Waals surface area contributed by atoms with Gasteiger partial charge in [0, 0.05) is 23.4 Å². The minimum absolute atomic E-state index is 0.00454. The Kier molecular flexibility index (Phi) is 1.81. The fourth-order valence-electron chi connectivity index (χ4n) is 1.23. The molecule has 0 fully saturated rings. The van der Waals surface area contributed by atoms with E-state index in [0.717, 1.165) is 5.56 Å². The average Bonchev–Trinajstić information content (AvgIpc) is 2.47. The van der Waals surface area contributed by atoms with E-state index in [1.165, 1.54) is 30.0 Å². The van der Waals surface area contributed by atoms with Crippen LogP contribution >= 0.6 is 11.8 Å². The van der Waals surface area contributed by atoms with E-state index in [2.05, 4.69) is 0 Å². The SMILES string of the molecule is O=C1SCc2cc([N+](=O)[O-])ccc21. The number of benzene rings is 1. The van der Waals surface area contributed by atoms with Crippen molar-refractivity contribution in [1.82, 2.24) is 0 Å². The standard InChI is InChI=1S/C8H5NO3S/c10-8-7-2-1-6(9(11)12)3-5(7)4-13-8/h1-3H,4H2. The van der Waals surface area contributed by atoms with E-state index in [-0.39, 0.29) is 10.8 Å². The van der Waals surface area contributed by atoms with Gasteiger partial charge in [-0.25, -0.2) is 0 Å². The molecule has 0 amide bonds. The highest BCUT2D eigenvalue weighted by molar-refractivity contribution is 8.13. The predicted molar refractivity (Wildman–Crippen MR) is 48.7 cm³/mol. The smallest absolute Gasteiger partial charge is 0.269 e. The van der Waals surface area contributed by atoms with Gasteiger partial charge in [-0.05, 0) is 11.6 Å². The first kappa shape index (κ1) is 8.25. The number of carbonyl (C=O) groups excluding carboxylic acids is 1. The van der Waals surface area contributed by atoms with Crippen LogP contribution in [0.3, 0.4) is 0 Å². The third-order valence-electron chi connectivity index (χ3n) is 1.88. The summed E-state index contributed by atoms with van der Waals surface area (Å²) in [5.74, 6) is 0.551. The van der Waals surface area contributed by atoms with Crippen LogP contribution in [0.2, 0.25) is 0 Å². The topological polar surface area (TPSA) is 60.2 Å². The Labute approximate surface area is 78.1 Å². The Bertz CT molecular complexity index is 402. The van der Waals surface area contributed by atoms with Crippen LogP contribution < -0.4 is 0 Å². The third kappa shape index (κ3) is 1.31. The Hall–Kier alpha value is -1.36. The van der Waals surface area contributed by atoms with Gasteiger partial charge in [-0.15, -0.1) is 0 Å². The molecule has 0 aromatic heterocycles. The summed E-state index contributed by atoms with van der Waals surface area (Å²) in [6, 6.07) is 4.35. The number of thioether (sulfide) groups is 1. The van der Waals surface area contributed by atoms with Crippen LogP contribution in [0.1, 0.15) is 15.9 Å². The summed E-state index contributed by atoms with van der Waals surface area (Å²) in [5, 5.41) is 10.4. The maximum atomic E-state index is 11.1. The Morgan fingerprint density at radius 2 is 2.23 bits per heavy atom. The highest BCUT2D eigenvalue weighted by atomic mass is 32.2. The fraction of sp³-hybridized carbons (Fsp3) is 0.125. The van der Waals surface area contributed by atoms with Crippen molar-refractivity contribution in [1.29, 1.82) is 0 Å². The van der Waals surface area contributed by atoms with Crippen molar-refractivity contribution in [2.45, 2.75) is 5.75 Å². The molecule has 5 heteroatoms. The van der Waals surface area contributed by atoms with Crippen molar-refractivity contribution in [3.63, 3.8) is 0 Å². The summed E-state index contributed by atoms with van der Waals surface area (Å²) in [6.45, 7) is 0. The van der Waals surface area contributed by atoms with E-state index < -0.39 is 4.92 Å². The zero-order valence-electron chi connectivity index (χ0n) is 6.52. The largest absolute Gasteiger partial charge is 0.282 e. The van der Waals surface area contributed by atoms with Gasteiger partial charge in [-0.1, -0.05) is 11.8 Å². The van der Waals surface area contributed by atoms with E-state index in [9.17, 15) is 14.9 Å². The van der Waals surface area contributed by atoms with Crippen LogP contribution in [0.4, 0.5) is 5.69 Å². The minimum atomic E-state index is -0.451. The lowest BCUT2D eigenvalue weighted by molar-refractivity contribution is -0.384. The number of hydrogen-bond donors (Lipinski definition) is 0. The molecule has 0 N–H and O–H groups in total. The molecule has 0 radical (unpaired) electrons. The number of nitro benzene ring substituents is 1. The Morgan fingerprint density at radius 1 is 1.46 bits per heavy atom. The normalized spacial score (nSPS) is 14.3. The van der Waals surface area contributed by atoms with Gasteiger partial charge in [0.15, 0.2) is 0 Å².